The number of ether oxygens (including phenoxy) is 2. The molecule has 1 aromatic carbocycles. The van der Waals surface area contributed by atoms with Gasteiger partial charge >= 0.3 is 5.97 Å². The third-order valence-electron chi connectivity index (χ3n) is 6.79. The van der Waals surface area contributed by atoms with Gasteiger partial charge in [0.05, 0.1) is 24.3 Å². The van der Waals surface area contributed by atoms with Crippen LogP contribution in [0.15, 0.2) is 23.0 Å². The van der Waals surface area contributed by atoms with Crippen molar-refractivity contribution < 1.29 is 14.3 Å². The summed E-state index contributed by atoms with van der Waals surface area (Å²) < 4.78 is 12.6. The van der Waals surface area contributed by atoms with E-state index in [0.29, 0.717) is 31.1 Å². The number of benzene rings is 1. The number of hydrogen-bond donors (Lipinski definition) is 1. The first-order valence-corrected chi connectivity index (χ1v) is 12.7. The van der Waals surface area contributed by atoms with Gasteiger partial charge in [-0.25, -0.2) is 4.68 Å². The quantitative estimate of drug-likeness (QED) is 0.426. The Labute approximate surface area is 211 Å². The number of carbonyl (C=O) groups is 1. The maximum Gasteiger partial charge on any atom is 0.327 e. The molecular weight excluding hydrogens is 460 g/mol. The molecule has 36 heavy (non-hydrogen) atoms. The summed E-state index contributed by atoms with van der Waals surface area (Å²) in [6, 6.07) is 5.85. The summed E-state index contributed by atoms with van der Waals surface area (Å²) in [6.07, 6.45) is 2.03. The van der Waals surface area contributed by atoms with Gasteiger partial charge in [0.15, 0.2) is 5.82 Å². The first-order valence-electron chi connectivity index (χ1n) is 12.7. The van der Waals surface area contributed by atoms with Crippen LogP contribution in [-0.4, -0.2) is 61.9 Å². The lowest BCUT2D eigenvalue weighted by molar-refractivity contribution is -0.144. The molecule has 0 radical (unpaired) electrons. The third kappa shape index (κ3) is 5.65. The van der Waals surface area contributed by atoms with Crippen molar-refractivity contribution in [3.05, 3.63) is 51.1 Å². The number of hydrogen-bond acceptors (Lipinski definition) is 8. The van der Waals surface area contributed by atoms with Gasteiger partial charge in [-0.05, 0) is 67.2 Å². The van der Waals surface area contributed by atoms with E-state index in [1.165, 1.54) is 4.68 Å². The predicted molar refractivity (Wildman–Crippen MR) is 135 cm³/mol. The van der Waals surface area contributed by atoms with Gasteiger partial charge in [0.1, 0.15) is 6.54 Å². The van der Waals surface area contributed by atoms with E-state index in [0.717, 1.165) is 41.5 Å². The topological polar surface area (TPSA) is 115 Å². The van der Waals surface area contributed by atoms with E-state index in [9.17, 15) is 9.59 Å². The van der Waals surface area contributed by atoms with E-state index in [1.807, 2.05) is 19.1 Å². The van der Waals surface area contributed by atoms with Crippen LogP contribution in [0.1, 0.15) is 62.2 Å². The van der Waals surface area contributed by atoms with Gasteiger partial charge in [-0.15, -0.1) is 5.10 Å². The number of esters is 1. The molecule has 1 N–H and O–H groups in total. The monoisotopic (exact) mass is 496 g/mol. The number of aromatic nitrogens is 5. The maximum absolute atomic E-state index is 13.2. The number of nitrogens with one attached hydrogen (secondary N) is 1. The van der Waals surface area contributed by atoms with Crippen molar-refractivity contribution in [2.45, 2.75) is 72.7 Å². The Morgan fingerprint density at radius 3 is 2.78 bits per heavy atom. The normalized spacial score (nSPS) is 16.8. The molecule has 0 bridgehead atoms. The van der Waals surface area contributed by atoms with Gasteiger partial charge < -0.3 is 14.5 Å². The van der Waals surface area contributed by atoms with Gasteiger partial charge in [-0.2, -0.15) is 0 Å². The summed E-state index contributed by atoms with van der Waals surface area (Å²) in [5, 5.41) is 13.3. The van der Waals surface area contributed by atoms with Crippen molar-refractivity contribution >= 4 is 16.9 Å². The second-order valence-electron chi connectivity index (χ2n) is 9.86. The molecule has 3 heterocycles. The number of carbonyl (C=O) groups excluding carboxylic acids is 1. The number of aryl methyl sites for hydroxylation is 2. The Kier molecular flexibility index (Phi) is 8.15. The Hall–Kier alpha value is -3.11. The van der Waals surface area contributed by atoms with Crippen LogP contribution in [0.3, 0.4) is 0 Å². The zero-order valence-corrected chi connectivity index (χ0v) is 21.8. The molecule has 1 saturated heterocycles. The SMILES string of the molecule is CCOC(=O)Cn1nnnc1[C@@H](C(C)C)N(Cc1cc2c(C)ccc(C)c2[nH]c1=O)C[C@@H]1CCCO1. The van der Waals surface area contributed by atoms with Gasteiger partial charge in [0.25, 0.3) is 5.56 Å². The molecule has 10 heteroatoms. The van der Waals surface area contributed by atoms with Crippen molar-refractivity contribution in [3.8, 4) is 0 Å². The predicted octanol–water partition coefficient (Wildman–Crippen LogP) is 3.07. The Morgan fingerprint density at radius 2 is 2.08 bits per heavy atom. The molecule has 10 nitrogen and oxygen atoms in total. The van der Waals surface area contributed by atoms with E-state index in [1.54, 1.807) is 6.92 Å². The van der Waals surface area contributed by atoms with Crippen molar-refractivity contribution in [1.29, 1.82) is 0 Å². The fourth-order valence-corrected chi connectivity index (χ4v) is 5.03. The smallest absolute Gasteiger partial charge is 0.327 e. The average molecular weight is 497 g/mol. The van der Waals surface area contributed by atoms with Gasteiger partial charge in [0, 0.05) is 30.6 Å². The van der Waals surface area contributed by atoms with Crippen LogP contribution >= 0.6 is 0 Å². The van der Waals surface area contributed by atoms with E-state index in [2.05, 4.69) is 52.2 Å². The zero-order valence-electron chi connectivity index (χ0n) is 21.8. The molecule has 1 fully saturated rings. The summed E-state index contributed by atoms with van der Waals surface area (Å²) in [6.45, 7) is 12.0. The molecule has 3 aromatic rings. The molecule has 0 amide bonds. The number of nitrogens with zero attached hydrogens (tertiary/aromatic N) is 5. The number of aromatic amines is 1. The standard InChI is InChI=1S/C26H36N6O4/c1-6-35-22(33)15-32-25(28-29-30-32)24(16(2)3)31(14-20-8-7-11-36-20)13-19-12-21-17(4)9-10-18(5)23(21)27-26(19)34/h9-10,12,16,20,24H,6-8,11,13-15H2,1-5H3,(H,27,34)/t20-,24+/m0/s1. The average Bonchev–Trinajstić information content (AvgIpc) is 3.50. The lowest BCUT2D eigenvalue weighted by Gasteiger charge is -2.35. The molecule has 1 aliphatic rings. The molecule has 4 rings (SSSR count). The summed E-state index contributed by atoms with van der Waals surface area (Å²) >= 11 is 0. The molecule has 1 aliphatic heterocycles. The van der Waals surface area contributed by atoms with E-state index in [4.69, 9.17) is 9.47 Å². The minimum Gasteiger partial charge on any atom is -0.465 e. The van der Waals surface area contributed by atoms with E-state index >= 15 is 0 Å². The largest absolute Gasteiger partial charge is 0.465 e. The van der Waals surface area contributed by atoms with Crippen molar-refractivity contribution in [1.82, 2.24) is 30.1 Å². The number of H-pyrrole nitrogens is 1. The van der Waals surface area contributed by atoms with Crippen LogP contribution in [0, 0.1) is 19.8 Å². The fourth-order valence-electron chi connectivity index (χ4n) is 5.03. The summed E-state index contributed by atoms with van der Waals surface area (Å²) in [4.78, 5) is 30.7. The van der Waals surface area contributed by atoms with E-state index in [-0.39, 0.29) is 30.2 Å². The highest BCUT2D eigenvalue weighted by molar-refractivity contribution is 5.85. The molecule has 0 unspecified atom stereocenters. The lowest BCUT2D eigenvalue weighted by Crippen LogP contribution is -2.40. The van der Waals surface area contributed by atoms with E-state index < -0.39 is 5.97 Å². The molecule has 194 valence electrons. The van der Waals surface area contributed by atoms with Crippen LogP contribution in [0.5, 0.6) is 0 Å². The molecular formula is C26H36N6O4. The molecule has 0 aliphatic carbocycles. The summed E-state index contributed by atoms with van der Waals surface area (Å²) in [5.41, 5.74) is 3.57. The third-order valence-corrected chi connectivity index (χ3v) is 6.79. The van der Waals surface area contributed by atoms with Crippen LogP contribution in [0.2, 0.25) is 0 Å². The van der Waals surface area contributed by atoms with Crippen molar-refractivity contribution in [2.24, 2.45) is 5.92 Å². The second-order valence-corrected chi connectivity index (χ2v) is 9.86. The lowest BCUT2D eigenvalue weighted by atomic mass is 9.99. The first-order chi connectivity index (χ1) is 17.3. The highest BCUT2D eigenvalue weighted by atomic mass is 16.5. The van der Waals surface area contributed by atoms with Crippen molar-refractivity contribution in [3.63, 3.8) is 0 Å². The summed E-state index contributed by atoms with van der Waals surface area (Å²) in [5.74, 6) is 0.276. The number of tetrazole rings is 1. The minimum absolute atomic E-state index is 0.0594. The van der Waals surface area contributed by atoms with Crippen LogP contribution < -0.4 is 5.56 Å². The molecule has 0 saturated carbocycles. The molecule has 2 aromatic heterocycles. The molecule has 2 atom stereocenters. The van der Waals surface area contributed by atoms with Crippen LogP contribution in [0.25, 0.3) is 10.9 Å². The Bertz CT molecular complexity index is 1260. The zero-order chi connectivity index (χ0) is 25.8. The van der Waals surface area contributed by atoms with Crippen molar-refractivity contribution in [2.75, 3.05) is 19.8 Å². The highest BCUT2D eigenvalue weighted by Crippen LogP contribution is 2.30. The number of pyridine rings is 1. The Morgan fingerprint density at radius 1 is 1.31 bits per heavy atom. The summed E-state index contributed by atoms with van der Waals surface area (Å²) in [7, 11) is 0. The van der Waals surface area contributed by atoms with Gasteiger partial charge in [-0.3, -0.25) is 14.5 Å². The number of rotatable bonds is 10. The maximum atomic E-state index is 13.2. The second kappa shape index (κ2) is 11.3. The first kappa shape index (κ1) is 26.0. The Balaban J connectivity index is 1.73. The van der Waals surface area contributed by atoms with Crippen LogP contribution in [0.4, 0.5) is 0 Å². The fraction of sp³-hybridized carbons (Fsp3) is 0.577. The minimum atomic E-state index is -0.393. The highest BCUT2D eigenvalue weighted by Gasteiger charge is 2.33. The molecule has 0 spiro atoms. The number of fused-ring (bicyclic) bond motifs is 1. The van der Waals surface area contributed by atoms with Gasteiger partial charge in [0.2, 0.25) is 0 Å². The van der Waals surface area contributed by atoms with Gasteiger partial charge in [-0.1, -0.05) is 26.0 Å². The van der Waals surface area contributed by atoms with Crippen LogP contribution in [-0.2, 0) is 27.4 Å².